The van der Waals surface area contributed by atoms with Crippen LogP contribution >= 0.6 is 0 Å². The molecule has 0 aromatic heterocycles. The Morgan fingerprint density at radius 1 is 1.55 bits per heavy atom. The fraction of sp³-hybridized carbons (Fsp3) is 0.273. The first-order chi connectivity index (χ1) is 9.31. The minimum atomic E-state index is -1.39. The summed E-state index contributed by atoms with van der Waals surface area (Å²) in [6, 6.07) is 1.16. The van der Waals surface area contributed by atoms with Crippen LogP contribution < -0.4 is 10.1 Å². The largest absolute Gasteiger partial charge is 0.484 e. The number of benzene rings is 1. The molecule has 2 N–H and O–H groups in total. The van der Waals surface area contributed by atoms with Gasteiger partial charge in [-0.3, -0.25) is 14.9 Å². The molecule has 0 spiro atoms. The summed E-state index contributed by atoms with van der Waals surface area (Å²) in [7, 11) is 0. The Morgan fingerprint density at radius 2 is 2.20 bits per heavy atom. The van der Waals surface area contributed by atoms with Gasteiger partial charge in [0.1, 0.15) is 12.4 Å². The number of aliphatic carboxylic acids is 1. The minimum absolute atomic E-state index is 0.411. The van der Waals surface area contributed by atoms with Crippen LogP contribution in [0.1, 0.15) is 6.92 Å². The highest BCUT2D eigenvalue weighted by Crippen LogP contribution is 2.27. The predicted octanol–water partition coefficient (Wildman–Crippen LogP) is 0.702. The molecule has 9 heteroatoms. The van der Waals surface area contributed by atoms with Crippen molar-refractivity contribution in [1.29, 1.82) is 0 Å². The molecule has 8 nitrogen and oxygen atoms in total. The number of rotatable bonds is 6. The molecule has 0 bridgehead atoms. The molecule has 0 saturated carbocycles. The Labute approximate surface area is 112 Å². The zero-order chi connectivity index (χ0) is 15.3. The van der Waals surface area contributed by atoms with Gasteiger partial charge in [-0.15, -0.1) is 0 Å². The lowest BCUT2D eigenvalue weighted by Crippen LogP contribution is -2.43. The van der Waals surface area contributed by atoms with Gasteiger partial charge in [-0.1, -0.05) is 0 Å². The van der Waals surface area contributed by atoms with Crippen LogP contribution in [0.25, 0.3) is 0 Å². The Hall–Kier alpha value is -2.71. The second-order valence-electron chi connectivity index (χ2n) is 3.77. The Bertz CT molecular complexity index is 548. The molecule has 1 amide bonds. The zero-order valence-corrected chi connectivity index (χ0v) is 10.3. The number of carbonyl (C=O) groups is 2. The maximum Gasteiger partial charge on any atom is 0.329 e. The van der Waals surface area contributed by atoms with Crippen molar-refractivity contribution in [2.45, 2.75) is 13.0 Å². The van der Waals surface area contributed by atoms with Gasteiger partial charge in [-0.25, -0.2) is 9.18 Å². The van der Waals surface area contributed by atoms with Gasteiger partial charge in [0.2, 0.25) is 5.91 Å². The summed E-state index contributed by atoms with van der Waals surface area (Å²) in [5, 5.41) is 21.6. The zero-order valence-electron chi connectivity index (χ0n) is 10.3. The van der Waals surface area contributed by atoms with Gasteiger partial charge in [0, 0.05) is 19.1 Å². The molecule has 1 rings (SSSR count). The third kappa shape index (κ3) is 4.19. The highest BCUT2D eigenvalue weighted by molar-refractivity contribution is 5.82. The monoisotopic (exact) mass is 286 g/mol. The summed E-state index contributed by atoms with van der Waals surface area (Å²) >= 11 is 0. The van der Waals surface area contributed by atoms with Crippen LogP contribution in [-0.2, 0) is 9.59 Å². The highest BCUT2D eigenvalue weighted by atomic mass is 19.1. The third-order valence-electron chi connectivity index (χ3n) is 2.20. The lowest BCUT2D eigenvalue weighted by Gasteiger charge is -2.14. The van der Waals surface area contributed by atoms with Gasteiger partial charge >= 0.3 is 11.7 Å². The van der Waals surface area contributed by atoms with Crippen LogP contribution in [0.15, 0.2) is 18.2 Å². The van der Waals surface area contributed by atoms with Crippen molar-refractivity contribution in [2.24, 2.45) is 0 Å². The Balaban J connectivity index is 2.87. The van der Waals surface area contributed by atoms with E-state index in [-0.39, 0.29) is 0 Å². The smallest absolute Gasteiger partial charge is 0.329 e. The lowest BCUT2D eigenvalue weighted by molar-refractivity contribution is -0.385. The molecular weight excluding hydrogens is 275 g/mol. The molecule has 0 fully saturated rings. The fourth-order valence-electron chi connectivity index (χ4n) is 1.35. The average molecular weight is 286 g/mol. The van der Waals surface area contributed by atoms with Crippen molar-refractivity contribution in [1.82, 2.24) is 5.32 Å². The molecule has 0 heterocycles. The first kappa shape index (κ1) is 15.3. The van der Waals surface area contributed by atoms with E-state index in [0.717, 1.165) is 25.1 Å². The van der Waals surface area contributed by atoms with Gasteiger partial charge in [0.05, 0.1) is 4.92 Å². The number of nitro groups is 1. The van der Waals surface area contributed by atoms with E-state index in [4.69, 9.17) is 9.84 Å². The molecule has 0 aliphatic carbocycles. The van der Waals surface area contributed by atoms with E-state index in [0.29, 0.717) is 0 Å². The van der Waals surface area contributed by atoms with E-state index >= 15 is 0 Å². The third-order valence-corrected chi connectivity index (χ3v) is 2.20. The number of carbonyl (C=O) groups excluding carboxylic acids is 1. The molecule has 1 aromatic carbocycles. The molecule has 0 saturated heterocycles. The van der Waals surface area contributed by atoms with Gasteiger partial charge in [0.15, 0.2) is 11.8 Å². The van der Waals surface area contributed by atoms with Gasteiger partial charge in [-0.05, 0) is 6.07 Å². The van der Waals surface area contributed by atoms with Gasteiger partial charge in [0.25, 0.3) is 0 Å². The van der Waals surface area contributed by atoms with E-state index in [2.05, 4.69) is 5.32 Å². The number of carboxylic acids is 1. The topological polar surface area (TPSA) is 119 Å². The molecule has 108 valence electrons. The van der Waals surface area contributed by atoms with Crippen molar-refractivity contribution in [2.75, 3.05) is 6.61 Å². The number of ether oxygens (including phenoxy) is 1. The first-order valence-electron chi connectivity index (χ1n) is 5.38. The van der Waals surface area contributed by atoms with Crippen molar-refractivity contribution in [3.05, 3.63) is 34.1 Å². The number of nitro benzene ring substituents is 1. The molecule has 1 atom stereocenters. The first-order valence-corrected chi connectivity index (χ1v) is 5.38. The summed E-state index contributed by atoms with van der Waals surface area (Å²) in [6.45, 7) is 0.541. The van der Waals surface area contributed by atoms with E-state index in [1.54, 1.807) is 0 Å². The fourth-order valence-corrected chi connectivity index (χ4v) is 1.35. The predicted molar refractivity (Wildman–Crippen MR) is 63.8 cm³/mol. The summed E-state index contributed by atoms with van der Waals surface area (Å²) < 4.78 is 17.9. The molecule has 1 aromatic rings. The van der Waals surface area contributed by atoms with Crippen molar-refractivity contribution < 1.29 is 28.7 Å². The molecule has 0 aliphatic rings. The Morgan fingerprint density at radius 3 is 2.70 bits per heavy atom. The highest BCUT2D eigenvalue weighted by Gasteiger charge is 2.22. The van der Waals surface area contributed by atoms with Gasteiger partial charge in [-0.2, -0.15) is 0 Å². The molecule has 20 heavy (non-hydrogen) atoms. The van der Waals surface area contributed by atoms with Crippen molar-refractivity contribution >= 4 is 17.6 Å². The maximum absolute atomic E-state index is 13.0. The lowest BCUT2D eigenvalue weighted by atomic mass is 10.2. The SMILES string of the molecule is CC(=O)NC(COc1cc(F)ccc1[N+](=O)[O-])C(=O)O. The molecule has 1 unspecified atom stereocenters. The quantitative estimate of drug-likeness (QED) is 0.587. The van der Waals surface area contributed by atoms with E-state index in [9.17, 15) is 24.1 Å². The van der Waals surface area contributed by atoms with E-state index in [1.165, 1.54) is 0 Å². The number of hydrogen-bond acceptors (Lipinski definition) is 5. The van der Waals surface area contributed by atoms with Crippen LogP contribution in [0.4, 0.5) is 10.1 Å². The normalized spacial score (nSPS) is 11.5. The number of halogens is 1. The van der Waals surface area contributed by atoms with Gasteiger partial charge < -0.3 is 15.2 Å². The molecule has 0 radical (unpaired) electrons. The standard InChI is InChI=1S/C11H11FN2O6/c1-6(15)13-8(11(16)17)5-20-10-4-7(12)2-3-9(10)14(18)19/h2-4,8H,5H2,1H3,(H,13,15)(H,16,17). The second-order valence-corrected chi connectivity index (χ2v) is 3.77. The van der Waals surface area contributed by atoms with Crippen molar-refractivity contribution in [3.63, 3.8) is 0 Å². The average Bonchev–Trinajstić information content (AvgIpc) is 2.33. The maximum atomic E-state index is 13.0. The number of nitrogens with zero attached hydrogens (tertiary/aromatic N) is 1. The second kappa shape index (κ2) is 6.45. The van der Waals surface area contributed by atoms with Crippen molar-refractivity contribution in [3.8, 4) is 5.75 Å². The van der Waals surface area contributed by atoms with E-state index < -0.39 is 46.7 Å². The van der Waals surface area contributed by atoms with Crippen LogP contribution in [0.2, 0.25) is 0 Å². The number of carboxylic acid groups (broad SMARTS) is 1. The number of nitrogens with one attached hydrogen (secondary N) is 1. The summed E-state index contributed by atoms with van der Waals surface area (Å²) in [5.74, 6) is -3.15. The summed E-state index contributed by atoms with van der Waals surface area (Å²) in [4.78, 5) is 31.6. The van der Waals surface area contributed by atoms with E-state index in [1.807, 2.05) is 0 Å². The summed E-state index contributed by atoms with van der Waals surface area (Å²) in [6.07, 6.45) is 0. The Kier molecular flexibility index (Phi) is 4.95. The molecular formula is C11H11FN2O6. The summed E-state index contributed by atoms with van der Waals surface area (Å²) in [5.41, 5.74) is -0.502. The van der Waals surface area contributed by atoms with Crippen LogP contribution in [0, 0.1) is 15.9 Å². The number of hydrogen-bond donors (Lipinski definition) is 2. The van der Waals surface area contributed by atoms with Crippen LogP contribution in [0.3, 0.4) is 0 Å². The minimum Gasteiger partial charge on any atom is -0.484 e. The molecule has 0 aliphatic heterocycles. The number of amides is 1. The van der Waals surface area contributed by atoms with Crippen LogP contribution in [-0.4, -0.2) is 34.6 Å². The van der Waals surface area contributed by atoms with Crippen LogP contribution in [0.5, 0.6) is 5.75 Å².